The Morgan fingerprint density at radius 3 is 2.46 bits per heavy atom. The largest absolute Gasteiger partial charge is 0.489 e. The van der Waals surface area contributed by atoms with E-state index in [-0.39, 0.29) is 6.42 Å². The molecule has 1 atom stereocenters. The van der Waals surface area contributed by atoms with Crippen molar-refractivity contribution in [2.75, 3.05) is 0 Å². The van der Waals surface area contributed by atoms with Crippen molar-refractivity contribution in [2.24, 2.45) is 11.7 Å². The van der Waals surface area contributed by atoms with Crippen LogP contribution >= 0.6 is 0 Å². The van der Waals surface area contributed by atoms with E-state index < -0.39 is 17.7 Å². The highest BCUT2D eigenvalue weighted by molar-refractivity contribution is 5.84. The number of nitrogens with one attached hydrogen (secondary N) is 1. The summed E-state index contributed by atoms with van der Waals surface area (Å²) < 4.78 is 5.74. The molecule has 0 bridgehead atoms. The van der Waals surface area contributed by atoms with Gasteiger partial charge < -0.3 is 10.5 Å². The first-order chi connectivity index (χ1) is 11.6. The van der Waals surface area contributed by atoms with Crippen LogP contribution in [0, 0.1) is 5.92 Å². The predicted molar refractivity (Wildman–Crippen MR) is 88.2 cm³/mol. The number of ether oxygens (including phenoxy) is 1. The van der Waals surface area contributed by atoms with Crippen LogP contribution in [0.3, 0.4) is 0 Å². The van der Waals surface area contributed by atoms with Gasteiger partial charge in [0.05, 0.1) is 5.92 Å². The third-order valence-corrected chi connectivity index (χ3v) is 3.59. The Morgan fingerprint density at radius 2 is 1.79 bits per heavy atom. The number of nitrogens with two attached hydrogens (primary N) is 1. The molecular weight excluding hydrogens is 308 g/mol. The van der Waals surface area contributed by atoms with E-state index in [1.165, 1.54) is 5.48 Å². The average Bonchev–Trinajstić information content (AvgIpc) is 2.60. The van der Waals surface area contributed by atoms with Crippen molar-refractivity contribution in [3.63, 3.8) is 0 Å². The third kappa shape index (κ3) is 5.40. The molecule has 0 aliphatic heterocycles. The van der Waals surface area contributed by atoms with Gasteiger partial charge in [0, 0.05) is 6.42 Å². The lowest BCUT2D eigenvalue weighted by molar-refractivity contribution is -0.133. The Morgan fingerprint density at radius 1 is 1.08 bits per heavy atom. The first-order valence-electron chi connectivity index (χ1n) is 7.56. The highest BCUT2D eigenvalue weighted by Crippen LogP contribution is 2.19. The zero-order valence-electron chi connectivity index (χ0n) is 13.1. The molecule has 2 rings (SSSR count). The van der Waals surface area contributed by atoms with Gasteiger partial charge in [-0.05, 0) is 29.7 Å². The van der Waals surface area contributed by atoms with Crippen LogP contribution in [-0.2, 0) is 22.6 Å². The molecule has 24 heavy (non-hydrogen) atoms. The predicted octanol–water partition coefficient (Wildman–Crippen LogP) is 1.81. The molecule has 0 heterocycles. The summed E-state index contributed by atoms with van der Waals surface area (Å²) in [6.07, 6.45) is 0.131. The molecule has 0 aliphatic rings. The number of carbonyl (C=O) groups excluding carboxylic acids is 2. The second kappa shape index (κ2) is 8.69. The molecular formula is C18H20N2O4. The minimum atomic E-state index is -0.693. The summed E-state index contributed by atoms with van der Waals surface area (Å²) in [5, 5.41) is 8.58. The molecule has 0 saturated carbocycles. The first kappa shape index (κ1) is 17.5. The van der Waals surface area contributed by atoms with E-state index >= 15 is 0 Å². The molecule has 2 aromatic rings. The van der Waals surface area contributed by atoms with Gasteiger partial charge in [-0.2, -0.15) is 0 Å². The van der Waals surface area contributed by atoms with Crippen LogP contribution in [-0.4, -0.2) is 17.0 Å². The van der Waals surface area contributed by atoms with Crippen LogP contribution in [0.5, 0.6) is 5.75 Å². The summed E-state index contributed by atoms with van der Waals surface area (Å²) in [4.78, 5) is 22.7. The van der Waals surface area contributed by atoms with E-state index in [4.69, 9.17) is 15.7 Å². The number of hydroxylamine groups is 1. The molecule has 126 valence electrons. The fraction of sp³-hybridized carbons (Fsp3) is 0.222. The average molecular weight is 328 g/mol. The fourth-order valence-electron chi connectivity index (χ4n) is 2.33. The zero-order valence-corrected chi connectivity index (χ0v) is 13.1. The van der Waals surface area contributed by atoms with Gasteiger partial charge in [-0.25, -0.2) is 5.48 Å². The van der Waals surface area contributed by atoms with E-state index in [1.807, 2.05) is 54.6 Å². The maximum absolute atomic E-state index is 11.5. The second-order valence-electron chi connectivity index (χ2n) is 5.46. The number of hydrogen-bond acceptors (Lipinski definition) is 4. The van der Waals surface area contributed by atoms with Crippen molar-refractivity contribution < 1.29 is 19.5 Å². The molecule has 2 amide bonds. The summed E-state index contributed by atoms with van der Waals surface area (Å²) >= 11 is 0. The van der Waals surface area contributed by atoms with E-state index in [0.29, 0.717) is 18.8 Å². The maximum Gasteiger partial charge on any atom is 0.244 e. The Labute approximate surface area is 140 Å². The van der Waals surface area contributed by atoms with Gasteiger partial charge >= 0.3 is 0 Å². The lowest BCUT2D eigenvalue weighted by Gasteiger charge is -2.13. The van der Waals surface area contributed by atoms with Crippen molar-refractivity contribution in [3.8, 4) is 5.75 Å². The van der Waals surface area contributed by atoms with Gasteiger partial charge in [-0.1, -0.05) is 42.5 Å². The SMILES string of the molecule is NC(=O)[C@@H](CC(=O)NO)Cc1cccc(OCc2ccccc2)c1. The Bertz CT molecular complexity index is 688. The molecule has 0 saturated heterocycles. The summed E-state index contributed by atoms with van der Waals surface area (Å²) in [6, 6.07) is 17.1. The normalized spacial score (nSPS) is 11.5. The van der Waals surface area contributed by atoms with Gasteiger partial charge in [0.2, 0.25) is 11.8 Å². The molecule has 6 heteroatoms. The highest BCUT2D eigenvalue weighted by atomic mass is 16.5. The van der Waals surface area contributed by atoms with Crippen molar-refractivity contribution in [1.29, 1.82) is 0 Å². The number of rotatable bonds is 8. The zero-order chi connectivity index (χ0) is 17.4. The van der Waals surface area contributed by atoms with Gasteiger partial charge in [0.15, 0.2) is 0 Å². The van der Waals surface area contributed by atoms with Crippen LogP contribution < -0.4 is 16.0 Å². The van der Waals surface area contributed by atoms with Crippen LogP contribution in [0.25, 0.3) is 0 Å². The van der Waals surface area contributed by atoms with Crippen molar-refractivity contribution in [1.82, 2.24) is 5.48 Å². The van der Waals surface area contributed by atoms with E-state index in [0.717, 1.165) is 11.1 Å². The summed E-state index contributed by atoms with van der Waals surface area (Å²) in [7, 11) is 0. The molecule has 0 aliphatic carbocycles. The molecule has 2 aromatic carbocycles. The highest BCUT2D eigenvalue weighted by Gasteiger charge is 2.20. The lowest BCUT2D eigenvalue weighted by Crippen LogP contribution is -2.31. The van der Waals surface area contributed by atoms with Gasteiger partial charge in [-0.3, -0.25) is 14.8 Å². The summed E-state index contributed by atoms with van der Waals surface area (Å²) in [5.41, 5.74) is 8.73. The van der Waals surface area contributed by atoms with Crippen molar-refractivity contribution >= 4 is 11.8 Å². The van der Waals surface area contributed by atoms with Crippen molar-refractivity contribution in [3.05, 3.63) is 65.7 Å². The van der Waals surface area contributed by atoms with Crippen LogP contribution in [0.2, 0.25) is 0 Å². The minimum absolute atomic E-state index is 0.166. The molecule has 0 radical (unpaired) electrons. The first-order valence-corrected chi connectivity index (χ1v) is 7.56. The van der Waals surface area contributed by atoms with Gasteiger partial charge in [-0.15, -0.1) is 0 Å². The number of primary amides is 1. The van der Waals surface area contributed by atoms with Gasteiger partial charge in [0.25, 0.3) is 0 Å². The Balaban J connectivity index is 2.00. The molecule has 6 nitrogen and oxygen atoms in total. The number of hydrogen-bond donors (Lipinski definition) is 3. The van der Waals surface area contributed by atoms with E-state index in [1.54, 1.807) is 0 Å². The van der Waals surface area contributed by atoms with Gasteiger partial charge in [0.1, 0.15) is 12.4 Å². The van der Waals surface area contributed by atoms with E-state index in [9.17, 15) is 9.59 Å². The smallest absolute Gasteiger partial charge is 0.244 e. The Kier molecular flexibility index (Phi) is 6.33. The topological polar surface area (TPSA) is 102 Å². The van der Waals surface area contributed by atoms with Crippen LogP contribution in [0.1, 0.15) is 17.5 Å². The minimum Gasteiger partial charge on any atom is -0.489 e. The fourth-order valence-corrected chi connectivity index (χ4v) is 2.33. The molecule has 0 unspecified atom stereocenters. The maximum atomic E-state index is 11.5. The third-order valence-electron chi connectivity index (χ3n) is 3.59. The number of amides is 2. The van der Waals surface area contributed by atoms with E-state index in [2.05, 4.69) is 0 Å². The summed E-state index contributed by atoms with van der Waals surface area (Å²) in [6.45, 7) is 0.441. The Hall–Kier alpha value is -2.86. The molecule has 4 N–H and O–H groups in total. The second-order valence-corrected chi connectivity index (χ2v) is 5.46. The molecule has 0 aromatic heterocycles. The summed E-state index contributed by atoms with van der Waals surface area (Å²) in [5.74, 6) is -1.25. The van der Waals surface area contributed by atoms with Crippen LogP contribution in [0.4, 0.5) is 0 Å². The monoisotopic (exact) mass is 328 g/mol. The quantitative estimate of drug-likeness (QED) is 0.508. The van der Waals surface area contributed by atoms with Crippen LogP contribution in [0.15, 0.2) is 54.6 Å². The van der Waals surface area contributed by atoms with Crippen molar-refractivity contribution in [2.45, 2.75) is 19.4 Å². The standard InChI is InChI=1S/C18H20N2O4/c19-18(22)15(11-17(21)20-23)9-14-7-4-8-16(10-14)24-12-13-5-2-1-3-6-13/h1-8,10,15,23H,9,11-12H2,(H2,19,22)(H,20,21)/t15-/m1/s1. The lowest BCUT2D eigenvalue weighted by atomic mass is 9.95. The number of carbonyl (C=O) groups is 2. The molecule has 0 fully saturated rings. The molecule has 0 spiro atoms. The number of benzene rings is 2.